The summed E-state index contributed by atoms with van der Waals surface area (Å²) in [6, 6.07) is 1.80. The van der Waals surface area contributed by atoms with E-state index >= 15 is 0 Å². The van der Waals surface area contributed by atoms with Gasteiger partial charge in [-0.1, -0.05) is 0 Å². The molecule has 18 heavy (non-hydrogen) atoms. The maximum Gasteiger partial charge on any atom is 0.307 e. The van der Waals surface area contributed by atoms with Gasteiger partial charge in [-0.2, -0.15) is 0 Å². The molecule has 0 fully saturated rings. The van der Waals surface area contributed by atoms with Crippen LogP contribution in [0, 0.1) is 0 Å². The highest BCUT2D eigenvalue weighted by atomic mass is 16.5. The third kappa shape index (κ3) is 2.28. The highest BCUT2D eigenvalue weighted by molar-refractivity contribution is 5.72. The third-order valence-electron chi connectivity index (χ3n) is 3.40. The first-order chi connectivity index (χ1) is 8.67. The Labute approximate surface area is 107 Å². The number of benzene rings is 1. The summed E-state index contributed by atoms with van der Waals surface area (Å²) in [4.78, 5) is 10.9. The maximum absolute atomic E-state index is 10.9. The molecule has 4 heteroatoms. The van der Waals surface area contributed by atoms with E-state index in [9.17, 15) is 4.79 Å². The molecule has 0 atom stereocenters. The van der Waals surface area contributed by atoms with Gasteiger partial charge in [0.2, 0.25) is 0 Å². The molecule has 4 nitrogen and oxygen atoms in total. The summed E-state index contributed by atoms with van der Waals surface area (Å²) in [5.74, 6) is 0.667. The van der Waals surface area contributed by atoms with Crippen molar-refractivity contribution in [2.24, 2.45) is 0 Å². The number of aliphatic carboxylic acids is 1. The van der Waals surface area contributed by atoms with Crippen LogP contribution < -0.4 is 9.47 Å². The Kier molecular flexibility index (Phi) is 3.75. The smallest absolute Gasteiger partial charge is 0.307 e. The minimum Gasteiger partial charge on any atom is -0.496 e. The lowest BCUT2D eigenvalue weighted by molar-refractivity contribution is -0.136. The second kappa shape index (κ2) is 5.29. The fourth-order valence-corrected chi connectivity index (χ4v) is 2.66. The molecule has 1 N–H and O–H groups in total. The molecule has 1 aromatic rings. The van der Waals surface area contributed by atoms with Crippen molar-refractivity contribution < 1.29 is 19.4 Å². The molecule has 98 valence electrons. The summed E-state index contributed by atoms with van der Waals surface area (Å²) in [6.45, 7) is 0. The van der Waals surface area contributed by atoms with E-state index in [0.29, 0.717) is 5.56 Å². The van der Waals surface area contributed by atoms with Crippen LogP contribution in [0.3, 0.4) is 0 Å². The number of carbonyl (C=O) groups is 1. The molecule has 0 heterocycles. The Hall–Kier alpha value is -1.71. The lowest BCUT2D eigenvalue weighted by Crippen LogP contribution is -2.11. The van der Waals surface area contributed by atoms with Crippen LogP contribution in [0.2, 0.25) is 0 Å². The van der Waals surface area contributed by atoms with Gasteiger partial charge in [0.15, 0.2) is 0 Å². The third-order valence-corrected chi connectivity index (χ3v) is 3.40. The van der Waals surface area contributed by atoms with E-state index in [0.717, 1.165) is 42.7 Å². The van der Waals surface area contributed by atoms with Gasteiger partial charge in [-0.15, -0.1) is 0 Å². The van der Waals surface area contributed by atoms with E-state index < -0.39 is 5.97 Å². The van der Waals surface area contributed by atoms with Crippen LogP contribution in [0.25, 0.3) is 0 Å². The zero-order chi connectivity index (χ0) is 13.1. The number of carboxylic acids is 1. The Bertz CT molecular complexity index is 465. The minimum atomic E-state index is -0.855. The number of rotatable bonds is 4. The normalized spacial score (nSPS) is 13.9. The van der Waals surface area contributed by atoms with Gasteiger partial charge in [0, 0.05) is 16.7 Å². The lowest BCUT2D eigenvalue weighted by atomic mass is 9.88. The molecule has 0 spiro atoms. The molecule has 1 aliphatic rings. The van der Waals surface area contributed by atoms with Crippen molar-refractivity contribution in [2.75, 3.05) is 14.2 Å². The van der Waals surface area contributed by atoms with Crippen LogP contribution in [0.4, 0.5) is 0 Å². The standard InChI is InChI=1S/C14H18O4/c1-17-12-7-9(8-13(15)16)14(18-2)11-6-4-3-5-10(11)12/h7H,3-6,8H2,1-2H3,(H,15,16). The van der Waals surface area contributed by atoms with E-state index in [-0.39, 0.29) is 6.42 Å². The molecule has 0 aromatic heterocycles. The van der Waals surface area contributed by atoms with Crippen molar-refractivity contribution in [2.45, 2.75) is 32.1 Å². The number of fused-ring (bicyclic) bond motifs is 1. The number of ether oxygens (including phenoxy) is 2. The summed E-state index contributed by atoms with van der Waals surface area (Å²) >= 11 is 0. The quantitative estimate of drug-likeness (QED) is 0.890. The van der Waals surface area contributed by atoms with Gasteiger partial charge in [-0.05, 0) is 31.7 Å². The molecule has 0 saturated heterocycles. The molecular formula is C14H18O4. The Balaban J connectivity index is 2.56. The average Bonchev–Trinajstić information content (AvgIpc) is 2.37. The average molecular weight is 250 g/mol. The van der Waals surface area contributed by atoms with E-state index in [2.05, 4.69) is 0 Å². The number of methoxy groups -OCH3 is 2. The second-order valence-corrected chi connectivity index (χ2v) is 4.51. The molecular weight excluding hydrogens is 232 g/mol. The molecule has 0 unspecified atom stereocenters. The molecule has 0 aliphatic heterocycles. The predicted molar refractivity (Wildman–Crippen MR) is 67.5 cm³/mol. The van der Waals surface area contributed by atoms with Gasteiger partial charge in [0.05, 0.1) is 20.6 Å². The maximum atomic E-state index is 10.9. The molecule has 0 bridgehead atoms. The summed E-state index contributed by atoms with van der Waals surface area (Å²) < 4.78 is 10.8. The predicted octanol–water partition coefficient (Wildman–Crippen LogP) is 2.21. The SMILES string of the molecule is COc1cc(CC(=O)O)c(OC)c2c1CCCC2. The monoisotopic (exact) mass is 250 g/mol. The second-order valence-electron chi connectivity index (χ2n) is 4.51. The van der Waals surface area contributed by atoms with Gasteiger partial charge in [-0.25, -0.2) is 0 Å². The first-order valence-electron chi connectivity index (χ1n) is 6.14. The largest absolute Gasteiger partial charge is 0.496 e. The minimum absolute atomic E-state index is 0.0349. The van der Waals surface area contributed by atoms with Crippen molar-refractivity contribution in [3.8, 4) is 11.5 Å². The molecule has 1 aromatic carbocycles. The van der Waals surface area contributed by atoms with Crippen molar-refractivity contribution >= 4 is 5.97 Å². The summed E-state index contributed by atoms with van der Waals surface area (Å²) in [6.07, 6.45) is 4.13. The van der Waals surface area contributed by atoms with E-state index in [1.807, 2.05) is 0 Å². The van der Waals surface area contributed by atoms with Crippen LogP contribution in [0.15, 0.2) is 6.07 Å². The first-order valence-corrected chi connectivity index (χ1v) is 6.14. The molecule has 0 amide bonds. The topological polar surface area (TPSA) is 55.8 Å². The van der Waals surface area contributed by atoms with E-state index in [4.69, 9.17) is 14.6 Å². The lowest BCUT2D eigenvalue weighted by Gasteiger charge is -2.23. The fraction of sp³-hybridized carbons (Fsp3) is 0.500. The van der Waals surface area contributed by atoms with Gasteiger partial charge < -0.3 is 14.6 Å². The number of carboxylic acid groups (broad SMARTS) is 1. The van der Waals surface area contributed by atoms with Crippen molar-refractivity contribution in [1.82, 2.24) is 0 Å². The summed E-state index contributed by atoms with van der Waals surface area (Å²) in [5, 5.41) is 8.96. The van der Waals surface area contributed by atoms with Gasteiger partial charge >= 0.3 is 5.97 Å². The highest BCUT2D eigenvalue weighted by Gasteiger charge is 2.22. The summed E-state index contributed by atoms with van der Waals surface area (Å²) in [5.41, 5.74) is 3.00. The fourth-order valence-electron chi connectivity index (χ4n) is 2.66. The van der Waals surface area contributed by atoms with Crippen molar-refractivity contribution in [3.63, 3.8) is 0 Å². The zero-order valence-corrected chi connectivity index (χ0v) is 10.8. The molecule has 0 saturated carbocycles. The summed E-state index contributed by atoms with van der Waals surface area (Å²) in [7, 11) is 3.23. The van der Waals surface area contributed by atoms with Gasteiger partial charge in [-0.3, -0.25) is 4.79 Å². The van der Waals surface area contributed by atoms with Crippen LogP contribution >= 0.6 is 0 Å². The molecule has 1 aliphatic carbocycles. The molecule has 2 rings (SSSR count). The van der Waals surface area contributed by atoms with Gasteiger partial charge in [0.1, 0.15) is 11.5 Å². The van der Waals surface area contributed by atoms with E-state index in [1.165, 1.54) is 5.56 Å². The number of hydrogen-bond donors (Lipinski definition) is 1. The Morgan fingerprint density at radius 3 is 2.44 bits per heavy atom. The first kappa shape index (κ1) is 12.7. The van der Waals surface area contributed by atoms with Gasteiger partial charge in [0.25, 0.3) is 0 Å². The van der Waals surface area contributed by atoms with E-state index in [1.54, 1.807) is 20.3 Å². The highest BCUT2D eigenvalue weighted by Crippen LogP contribution is 2.39. The van der Waals surface area contributed by atoms with Crippen LogP contribution in [0.1, 0.15) is 29.5 Å². The van der Waals surface area contributed by atoms with Crippen molar-refractivity contribution in [1.29, 1.82) is 0 Å². The Morgan fingerprint density at radius 2 is 1.89 bits per heavy atom. The van der Waals surface area contributed by atoms with Crippen molar-refractivity contribution in [3.05, 3.63) is 22.8 Å². The van der Waals surface area contributed by atoms with Crippen LogP contribution in [0.5, 0.6) is 11.5 Å². The zero-order valence-electron chi connectivity index (χ0n) is 10.8. The van der Waals surface area contributed by atoms with Crippen LogP contribution in [-0.4, -0.2) is 25.3 Å². The Morgan fingerprint density at radius 1 is 1.22 bits per heavy atom. The molecule has 0 radical (unpaired) electrons. The van der Waals surface area contributed by atoms with Crippen LogP contribution in [-0.2, 0) is 24.1 Å². The number of hydrogen-bond acceptors (Lipinski definition) is 3.